The fourth-order valence-corrected chi connectivity index (χ4v) is 5.46. The number of thioether (sulfide) groups is 1. The fraction of sp³-hybridized carbons (Fsp3) is 0.350. The van der Waals surface area contributed by atoms with Crippen molar-refractivity contribution in [3.63, 3.8) is 0 Å². The van der Waals surface area contributed by atoms with E-state index < -0.39 is 0 Å². The molecule has 1 N–H and O–H groups in total. The quantitative estimate of drug-likeness (QED) is 0.507. The number of carbonyl (C=O) groups excluding carboxylic acids is 1. The zero-order valence-corrected chi connectivity index (χ0v) is 17.1. The number of thiophene rings is 1. The summed E-state index contributed by atoms with van der Waals surface area (Å²) in [4.78, 5) is 25.7. The average molecular weight is 399 g/mol. The van der Waals surface area contributed by atoms with Crippen LogP contribution >= 0.6 is 23.1 Å². The topological polar surface area (TPSA) is 58.1 Å². The maximum atomic E-state index is 12.3. The number of aromatic nitrogens is 2. The molecule has 4 rings (SSSR count). The number of carbonyl (C=O) groups is 1. The molecule has 1 amide bonds. The third-order valence-electron chi connectivity index (χ3n) is 4.75. The van der Waals surface area contributed by atoms with Gasteiger partial charge in [0.2, 0.25) is 5.91 Å². The standard InChI is InChI=1S/C20H22N4OS2/c1-24(2)14-8-6-13(7-9-14)10-21-17(25)11-26-19-18-15-4-3-5-16(15)27-20(18)23-12-22-19/h6-9,12H,3-5,10-11H2,1-2H3,(H,21,25). The van der Waals surface area contributed by atoms with Gasteiger partial charge >= 0.3 is 0 Å². The molecule has 2 heterocycles. The van der Waals surface area contributed by atoms with Crippen LogP contribution in [-0.2, 0) is 24.2 Å². The minimum atomic E-state index is 0.0234. The number of rotatable bonds is 6. The Labute approximate surface area is 167 Å². The molecule has 0 atom stereocenters. The molecule has 3 aromatic rings. The largest absolute Gasteiger partial charge is 0.378 e. The number of aryl methyl sites for hydroxylation is 2. The van der Waals surface area contributed by atoms with Crippen LogP contribution in [0.5, 0.6) is 0 Å². The van der Waals surface area contributed by atoms with Crippen molar-refractivity contribution in [2.45, 2.75) is 30.8 Å². The summed E-state index contributed by atoms with van der Waals surface area (Å²) in [5, 5.41) is 5.11. The molecule has 1 aliphatic rings. The van der Waals surface area contributed by atoms with Crippen molar-refractivity contribution < 1.29 is 4.79 Å². The minimum Gasteiger partial charge on any atom is -0.378 e. The molecule has 0 spiro atoms. The molecular weight excluding hydrogens is 376 g/mol. The third-order valence-corrected chi connectivity index (χ3v) is 6.94. The first-order valence-electron chi connectivity index (χ1n) is 9.03. The van der Waals surface area contributed by atoms with Gasteiger partial charge < -0.3 is 10.2 Å². The van der Waals surface area contributed by atoms with Gasteiger partial charge in [0.1, 0.15) is 16.2 Å². The van der Waals surface area contributed by atoms with Crippen LogP contribution in [-0.4, -0.2) is 35.7 Å². The lowest BCUT2D eigenvalue weighted by Crippen LogP contribution is -2.24. The smallest absolute Gasteiger partial charge is 0.230 e. The van der Waals surface area contributed by atoms with Gasteiger partial charge in [0, 0.05) is 36.6 Å². The summed E-state index contributed by atoms with van der Waals surface area (Å²) < 4.78 is 0. The van der Waals surface area contributed by atoms with Crippen LogP contribution in [0.4, 0.5) is 5.69 Å². The van der Waals surface area contributed by atoms with Gasteiger partial charge in [-0.1, -0.05) is 23.9 Å². The third kappa shape index (κ3) is 3.94. The molecule has 1 aromatic carbocycles. The molecule has 5 nitrogen and oxygen atoms in total. The summed E-state index contributed by atoms with van der Waals surface area (Å²) in [6.07, 6.45) is 5.07. The van der Waals surface area contributed by atoms with Crippen molar-refractivity contribution in [1.29, 1.82) is 0 Å². The van der Waals surface area contributed by atoms with Gasteiger partial charge in [-0.15, -0.1) is 11.3 Å². The predicted molar refractivity (Wildman–Crippen MR) is 113 cm³/mol. The lowest BCUT2D eigenvalue weighted by atomic mass is 10.2. The van der Waals surface area contributed by atoms with Crippen LogP contribution in [0.15, 0.2) is 35.6 Å². The van der Waals surface area contributed by atoms with Crippen LogP contribution in [0.3, 0.4) is 0 Å². The van der Waals surface area contributed by atoms with Crippen molar-refractivity contribution in [3.8, 4) is 0 Å². The Bertz CT molecular complexity index is 966. The van der Waals surface area contributed by atoms with Gasteiger partial charge in [0.25, 0.3) is 0 Å². The molecule has 0 saturated heterocycles. The average Bonchev–Trinajstić information content (AvgIpc) is 3.26. The lowest BCUT2D eigenvalue weighted by molar-refractivity contribution is -0.118. The van der Waals surface area contributed by atoms with Crippen molar-refractivity contribution >= 4 is 44.9 Å². The molecule has 0 radical (unpaired) electrons. The fourth-order valence-electron chi connectivity index (χ4n) is 3.31. The van der Waals surface area contributed by atoms with E-state index in [9.17, 15) is 4.79 Å². The maximum Gasteiger partial charge on any atom is 0.230 e. The Morgan fingerprint density at radius 1 is 1.22 bits per heavy atom. The van der Waals surface area contributed by atoms with Crippen LogP contribution in [0.25, 0.3) is 10.2 Å². The van der Waals surface area contributed by atoms with E-state index in [1.807, 2.05) is 26.2 Å². The van der Waals surface area contributed by atoms with Gasteiger partial charge in [-0.05, 0) is 42.5 Å². The van der Waals surface area contributed by atoms with E-state index >= 15 is 0 Å². The monoisotopic (exact) mass is 398 g/mol. The molecule has 140 valence electrons. The summed E-state index contributed by atoms with van der Waals surface area (Å²) in [6, 6.07) is 8.22. The highest BCUT2D eigenvalue weighted by Crippen LogP contribution is 2.39. The first-order chi connectivity index (χ1) is 13.1. The molecule has 0 unspecified atom stereocenters. The number of amides is 1. The number of hydrogen-bond acceptors (Lipinski definition) is 6. The zero-order chi connectivity index (χ0) is 18.8. The first kappa shape index (κ1) is 18.3. The Hall–Kier alpha value is -2.12. The number of fused-ring (bicyclic) bond motifs is 3. The summed E-state index contributed by atoms with van der Waals surface area (Å²) in [7, 11) is 4.03. The Morgan fingerprint density at radius 3 is 2.81 bits per heavy atom. The second-order valence-corrected chi connectivity index (χ2v) is 8.89. The highest BCUT2D eigenvalue weighted by molar-refractivity contribution is 8.00. The normalized spacial score (nSPS) is 13.0. The Morgan fingerprint density at radius 2 is 2.04 bits per heavy atom. The SMILES string of the molecule is CN(C)c1ccc(CNC(=O)CSc2ncnc3sc4c(c23)CCC4)cc1. The van der Waals surface area contributed by atoms with Crippen LogP contribution in [0.1, 0.15) is 22.4 Å². The minimum absolute atomic E-state index is 0.0234. The number of benzene rings is 1. The number of nitrogens with one attached hydrogen (secondary N) is 1. The van der Waals surface area contributed by atoms with Crippen molar-refractivity contribution in [3.05, 3.63) is 46.6 Å². The molecule has 0 aliphatic heterocycles. The van der Waals surface area contributed by atoms with Crippen LogP contribution in [0.2, 0.25) is 0 Å². The Kier molecular flexibility index (Phi) is 5.31. The van der Waals surface area contributed by atoms with Gasteiger partial charge in [-0.25, -0.2) is 9.97 Å². The van der Waals surface area contributed by atoms with E-state index in [-0.39, 0.29) is 5.91 Å². The highest BCUT2D eigenvalue weighted by atomic mass is 32.2. The van der Waals surface area contributed by atoms with E-state index in [4.69, 9.17) is 0 Å². The Balaban J connectivity index is 1.36. The lowest BCUT2D eigenvalue weighted by Gasteiger charge is -2.13. The summed E-state index contributed by atoms with van der Waals surface area (Å²) in [5.74, 6) is 0.391. The maximum absolute atomic E-state index is 12.3. The van der Waals surface area contributed by atoms with E-state index in [1.54, 1.807) is 17.7 Å². The highest BCUT2D eigenvalue weighted by Gasteiger charge is 2.21. The molecule has 27 heavy (non-hydrogen) atoms. The second kappa shape index (κ2) is 7.86. The number of nitrogens with zero attached hydrogens (tertiary/aromatic N) is 3. The molecule has 0 fully saturated rings. The number of anilines is 1. The van der Waals surface area contributed by atoms with Gasteiger partial charge in [0.15, 0.2) is 0 Å². The van der Waals surface area contributed by atoms with E-state index in [2.05, 4.69) is 32.3 Å². The van der Waals surface area contributed by atoms with Crippen LogP contribution < -0.4 is 10.2 Å². The summed E-state index contributed by atoms with van der Waals surface area (Å²) >= 11 is 3.28. The predicted octanol–water partition coefficient (Wildman–Crippen LogP) is 3.65. The molecule has 7 heteroatoms. The van der Waals surface area contributed by atoms with Gasteiger partial charge in [-0.3, -0.25) is 4.79 Å². The van der Waals surface area contributed by atoms with E-state index in [1.165, 1.54) is 34.0 Å². The molecule has 0 bridgehead atoms. The van der Waals surface area contributed by atoms with Crippen molar-refractivity contribution in [2.24, 2.45) is 0 Å². The van der Waals surface area contributed by atoms with E-state index in [0.717, 1.165) is 33.9 Å². The van der Waals surface area contributed by atoms with Crippen molar-refractivity contribution in [1.82, 2.24) is 15.3 Å². The van der Waals surface area contributed by atoms with Gasteiger partial charge in [-0.2, -0.15) is 0 Å². The van der Waals surface area contributed by atoms with Gasteiger partial charge in [0.05, 0.1) is 5.75 Å². The molecular formula is C20H22N4OS2. The van der Waals surface area contributed by atoms with Crippen LogP contribution in [0, 0.1) is 0 Å². The summed E-state index contributed by atoms with van der Waals surface area (Å²) in [5.41, 5.74) is 3.65. The van der Waals surface area contributed by atoms with Crippen molar-refractivity contribution in [2.75, 3.05) is 24.7 Å². The summed E-state index contributed by atoms with van der Waals surface area (Å²) in [6.45, 7) is 0.542. The molecule has 0 saturated carbocycles. The first-order valence-corrected chi connectivity index (χ1v) is 10.8. The second-order valence-electron chi connectivity index (χ2n) is 6.84. The number of hydrogen-bond donors (Lipinski definition) is 1. The zero-order valence-electron chi connectivity index (χ0n) is 15.5. The molecule has 2 aromatic heterocycles. The van der Waals surface area contributed by atoms with E-state index in [0.29, 0.717) is 12.3 Å². The molecule has 1 aliphatic carbocycles.